The largest absolute Gasteiger partial charge is 0.396 e. The minimum absolute atomic E-state index is 0.0237. The topological polar surface area (TPSA) is 62.7 Å². The van der Waals surface area contributed by atoms with Gasteiger partial charge in [0.05, 0.1) is 16.3 Å². The van der Waals surface area contributed by atoms with Gasteiger partial charge in [0.25, 0.3) is 6.43 Å². The summed E-state index contributed by atoms with van der Waals surface area (Å²) in [4.78, 5) is 3.33. The van der Waals surface area contributed by atoms with Crippen LogP contribution in [0.25, 0.3) is 0 Å². The molecule has 0 aliphatic heterocycles. The van der Waals surface area contributed by atoms with Crippen LogP contribution in [-0.2, 0) is 0 Å². The normalized spacial score (nSPS) is 10.1. The number of hydrogen-bond acceptors (Lipinski definition) is 3. The highest BCUT2D eigenvalue weighted by Crippen LogP contribution is 2.28. The Labute approximate surface area is 77.7 Å². The smallest absolute Gasteiger partial charge is 0.282 e. The van der Waals surface area contributed by atoms with E-state index in [9.17, 15) is 8.78 Å². The fourth-order valence-corrected chi connectivity index (χ4v) is 0.997. The highest BCUT2D eigenvalue weighted by atomic mass is 35.5. The second-order valence-electron chi connectivity index (χ2n) is 2.19. The summed E-state index contributed by atoms with van der Waals surface area (Å²) in [6.07, 6.45) is -1.82. The predicted molar refractivity (Wildman–Crippen MR) is 43.3 cm³/mol. The van der Waals surface area contributed by atoms with Crippen molar-refractivity contribution in [2.24, 2.45) is 0 Å². The standard InChI is InChI=1S/C7H4ClF2N3/c8-4-2-13-6(7(9)10)5(12)3(4)1-11/h2,7H,12H2. The van der Waals surface area contributed by atoms with Crippen molar-refractivity contribution < 1.29 is 8.78 Å². The van der Waals surface area contributed by atoms with Crippen LogP contribution in [0.1, 0.15) is 17.7 Å². The van der Waals surface area contributed by atoms with E-state index in [2.05, 4.69) is 4.98 Å². The molecule has 2 N–H and O–H groups in total. The van der Waals surface area contributed by atoms with Crippen molar-refractivity contribution in [2.75, 3.05) is 5.73 Å². The summed E-state index contributed by atoms with van der Waals surface area (Å²) in [6.45, 7) is 0. The zero-order valence-corrected chi connectivity index (χ0v) is 7.02. The summed E-state index contributed by atoms with van der Waals surface area (Å²) >= 11 is 5.50. The lowest BCUT2D eigenvalue weighted by Crippen LogP contribution is -2.01. The van der Waals surface area contributed by atoms with E-state index >= 15 is 0 Å². The molecule has 0 aromatic carbocycles. The van der Waals surface area contributed by atoms with Crippen LogP contribution < -0.4 is 5.73 Å². The Bertz CT molecular complexity index is 373. The molecule has 1 aromatic heterocycles. The number of nitrogens with zero attached hydrogens (tertiary/aromatic N) is 2. The number of anilines is 1. The van der Waals surface area contributed by atoms with Gasteiger partial charge >= 0.3 is 0 Å². The molecule has 1 heterocycles. The summed E-state index contributed by atoms with van der Waals surface area (Å²) in [5.41, 5.74) is 4.12. The number of nitriles is 1. The fourth-order valence-electron chi connectivity index (χ4n) is 0.805. The molecule has 13 heavy (non-hydrogen) atoms. The van der Waals surface area contributed by atoms with Crippen LogP contribution >= 0.6 is 11.6 Å². The Kier molecular flexibility index (Phi) is 2.63. The van der Waals surface area contributed by atoms with E-state index in [-0.39, 0.29) is 16.3 Å². The summed E-state index contributed by atoms with van der Waals surface area (Å²) in [7, 11) is 0. The number of aromatic nitrogens is 1. The first-order chi connectivity index (χ1) is 6.07. The Balaban J connectivity index is 3.38. The Morgan fingerprint density at radius 3 is 2.69 bits per heavy atom. The average molecular weight is 204 g/mol. The monoisotopic (exact) mass is 203 g/mol. The van der Waals surface area contributed by atoms with Crippen LogP contribution in [0.15, 0.2) is 6.20 Å². The van der Waals surface area contributed by atoms with Gasteiger partial charge in [-0.15, -0.1) is 0 Å². The molecule has 0 saturated heterocycles. The van der Waals surface area contributed by atoms with E-state index in [0.717, 1.165) is 6.20 Å². The van der Waals surface area contributed by atoms with E-state index in [1.54, 1.807) is 6.07 Å². The third-order valence-electron chi connectivity index (χ3n) is 1.42. The van der Waals surface area contributed by atoms with Crippen LogP contribution in [0.4, 0.5) is 14.5 Å². The minimum atomic E-state index is -2.80. The molecule has 0 atom stereocenters. The van der Waals surface area contributed by atoms with Crippen molar-refractivity contribution in [3.8, 4) is 6.07 Å². The number of hydrogen-bond donors (Lipinski definition) is 1. The molecule has 0 bridgehead atoms. The Morgan fingerprint density at radius 2 is 2.23 bits per heavy atom. The SMILES string of the molecule is N#Cc1c(Cl)cnc(C(F)F)c1N. The molecular formula is C7H4ClF2N3. The molecule has 1 aromatic rings. The third kappa shape index (κ3) is 1.68. The number of pyridine rings is 1. The highest BCUT2D eigenvalue weighted by molar-refractivity contribution is 6.32. The van der Waals surface area contributed by atoms with Gasteiger partial charge in [-0.25, -0.2) is 8.78 Å². The van der Waals surface area contributed by atoms with Crippen LogP contribution in [-0.4, -0.2) is 4.98 Å². The molecule has 1 rings (SSSR count). The van der Waals surface area contributed by atoms with Gasteiger partial charge in [-0.1, -0.05) is 11.6 Å². The zero-order valence-electron chi connectivity index (χ0n) is 6.26. The van der Waals surface area contributed by atoms with Crippen LogP contribution in [0.5, 0.6) is 0 Å². The first-order valence-corrected chi connectivity index (χ1v) is 3.57. The quantitative estimate of drug-likeness (QED) is 0.761. The molecule has 0 fully saturated rings. The van der Waals surface area contributed by atoms with Crippen LogP contribution in [0.3, 0.4) is 0 Å². The molecular weight excluding hydrogens is 200 g/mol. The van der Waals surface area contributed by atoms with E-state index in [4.69, 9.17) is 22.6 Å². The second kappa shape index (κ2) is 3.54. The van der Waals surface area contributed by atoms with Gasteiger partial charge in [0.1, 0.15) is 11.8 Å². The maximum absolute atomic E-state index is 12.2. The number of alkyl halides is 2. The number of nitrogens with two attached hydrogens (primary N) is 1. The molecule has 0 saturated carbocycles. The predicted octanol–water partition coefficient (Wildman–Crippen LogP) is 2.13. The van der Waals surface area contributed by atoms with Gasteiger partial charge in [0, 0.05) is 6.20 Å². The lowest BCUT2D eigenvalue weighted by molar-refractivity contribution is 0.147. The van der Waals surface area contributed by atoms with Gasteiger partial charge < -0.3 is 5.73 Å². The molecule has 0 spiro atoms. The summed E-state index contributed by atoms with van der Waals surface area (Å²) < 4.78 is 24.4. The molecule has 0 aliphatic carbocycles. The first-order valence-electron chi connectivity index (χ1n) is 3.20. The van der Waals surface area contributed by atoms with Gasteiger partial charge in [-0.2, -0.15) is 5.26 Å². The van der Waals surface area contributed by atoms with Crippen molar-refractivity contribution in [1.29, 1.82) is 5.26 Å². The van der Waals surface area contributed by atoms with Crippen molar-refractivity contribution in [1.82, 2.24) is 4.98 Å². The second-order valence-corrected chi connectivity index (χ2v) is 2.60. The van der Waals surface area contributed by atoms with Gasteiger partial charge in [-0.05, 0) is 0 Å². The molecule has 0 unspecified atom stereocenters. The van der Waals surface area contributed by atoms with Crippen molar-refractivity contribution in [2.45, 2.75) is 6.43 Å². The third-order valence-corrected chi connectivity index (χ3v) is 1.71. The molecule has 6 heteroatoms. The molecule has 68 valence electrons. The summed E-state index contributed by atoms with van der Waals surface area (Å²) in [5.74, 6) is 0. The maximum atomic E-state index is 12.2. The lowest BCUT2D eigenvalue weighted by atomic mass is 10.2. The number of halogens is 3. The molecule has 0 amide bonds. The Hall–Kier alpha value is -1.41. The number of rotatable bonds is 1. The summed E-state index contributed by atoms with van der Waals surface area (Å²) in [5, 5.41) is 8.49. The highest BCUT2D eigenvalue weighted by Gasteiger charge is 2.17. The van der Waals surface area contributed by atoms with Crippen molar-refractivity contribution in [3.63, 3.8) is 0 Å². The fraction of sp³-hybridized carbons (Fsp3) is 0.143. The van der Waals surface area contributed by atoms with Crippen molar-refractivity contribution >= 4 is 17.3 Å². The molecule has 3 nitrogen and oxygen atoms in total. The zero-order chi connectivity index (χ0) is 10.0. The first kappa shape index (κ1) is 9.68. The minimum Gasteiger partial charge on any atom is -0.396 e. The van der Waals surface area contributed by atoms with Gasteiger partial charge in [-0.3, -0.25) is 4.98 Å². The molecule has 0 aliphatic rings. The molecule has 0 radical (unpaired) electrons. The van der Waals surface area contributed by atoms with E-state index < -0.39 is 12.1 Å². The Morgan fingerprint density at radius 1 is 1.62 bits per heavy atom. The van der Waals surface area contributed by atoms with E-state index in [1.165, 1.54) is 0 Å². The lowest BCUT2D eigenvalue weighted by Gasteiger charge is -2.05. The average Bonchev–Trinajstić information content (AvgIpc) is 2.04. The van der Waals surface area contributed by atoms with E-state index in [0.29, 0.717) is 0 Å². The van der Waals surface area contributed by atoms with Crippen molar-refractivity contribution in [3.05, 3.63) is 22.5 Å². The van der Waals surface area contributed by atoms with Crippen LogP contribution in [0, 0.1) is 11.3 Å². The maximum Gasteiger partial charge on any atom is 0.282 e. The summed E-state index contributed by atoms with van der Waals surface area (Å²) in [6, 6.07) is 1.63. The van der Waals surface area contributed by atoms with Gasteiger partial charge in [0.15, 0.2) is 0 Å². The van der Waals surface area contributed by atoms with E-state index in [1.807, 2.05) is 0 Å². The van der Waals surface area contributed by atoms with Crippen LogP contribution in [0.2, 0.25) is 5.02 Å². The van der Waals surface area contributed by atoms with Gasteiger partial charge in [0.2, 0.25) is 0 Å². The number of nitrogen functional groups attached to an aromatic ring is 1.